The molecule has 1 N–H and O–H groups in total. The molecule has 0 atom stereocenters. The van der Waals surface area contributed by atoms with Crippen molar-refractivity contribution < 1.29 is 8.42 Å². The Kier molecular flexibility index (Phi) is 6.40. The summed E-state index contributed by atoms with van der Waals surface area (Å²) in [6, 6.07) is 9.03. The number of fused-ring (bicyclic) bond motifs is 2. The van der Waals surface area contributed by atoms with Crippen molar-refractivity contribution in [1.29, 1.82) is 0 Å². The highest BCUT2D eigenvalue weighted by molar-refractivity contribution is 7.90. The number of pyridine rings is 1. The average molecular weight is 495 g/mol. The molecule has 1 aromatic carbocycles. The van der Waals surface area contributed by atoms with E-state index in [1.54, 1.807) is 4.52 Å². The second kappa shape index (κ2) is 9.35. The molecule has 0 amide bonds. The van der Waals surface area contributed by atoms with E-state index >= 15 is 0 Å². The summed E-state index contributed by atoms with van der Waals surface area (Å²) in [5, 5.41) is 13.3. The lowest BCUT2D eigenvalue weighted by molar-refractivity contribution is 0.213. The Morgan fingerprint density at radius 2 is 1.94 bits per heavy atom. The highest BCUT2D eigenvalue weighted by atomic mass is 32.2. The average Bonchev–Trinajstić information content (AvgIpc) is 3.43. The lowest BCUT2D eigenvalue weighted by Crippen LogP contribution is -2.34. The monoisotopic (exact) mass is 494 g/mol. The van der Waals surface area contributed by atoms with Crippen LogP contribution in [0.1, 0.15) is 61.6 Å². The molecule has 0 saturated carbocycles. The van der Waals surface area contributed by atoms with Gasteiger partial charge in [0.2, 0.25) is 0 Å². The Morgan fingerprint density at radius 1 is 1.17 bits per heavy atom. The van der Waals surface area contributed by atoms with E-state index in [2.05, 4.69) is 63.5 Å². The molecule has 3 aromatic heterocycles. The van der Waals surface area contributed by atoms with Crippen molar-refractivity contribution in [3.05, 3.63) is 47.2 Å². The van der Waals surface area contributed by atoms with Crippen LogP contribution in [0.3, 0.4) is 0 Å². The zero-order valence-electron chi connectivity index (χ0n) is 21.0. The Balaban J connectivity index is 1.40. The van der Waals surface area contributed by atoms with Gasteiger partial charge in [-0.05, 0) is 103 Å². The van der Waals surface area contributed by atoms with Gasteiger partial charge in [-0.15, -0.1) is 5.10 Å². The fourth-order valence-corrected chi connectivity index (χ4v) is 6.15. The van der Waals surface area contributed by atoms with E-state index in [4.69, 9.17) is 0 Å². The van der Waals surface area contributed by atoms with Crippen LogP contribution in [-0.4, -0.2) is 70.0 Å². The highest BCUT2D eigenvalue weighted by Gasteiger charge is 2.23. The molecule has 0 bridgehead atoms. The standard InChI is InChI=1S/C26H34N6O2S/c1-17(2)24-22-15-20(19-8-11-31(12-9-19)10-5-13-35(4,33)34)6-7-23(22)27-25(24)21-14-18(3)26-28-29-30-32(26)16-21/h6-7,14-17,19,27H,5,8-13H2,1-4H3. The van der Waals surface area contributed by atoms with Crippen LogP contribution in [0, 0.1) is 6.92 Å². The van der Waals surface area contributed by atoms with Gasteiger partial charge in [-0.3, -0.25) is 0 Å². The van der Waals surface area contributed by atoms with Crippen molar-refractivity contribution in [1.82, 2.24) is 29.9 Å². The first-order valence-corrected chi connectivity index (χ1v) is 14.5. The Bertz CT molecular complexity index is 1460. The van der Waals surface area contributed by atoms with Crippen molar-refractivity contribution in [3.8, 4) is 11.3 Å². The minimum Gasteiger partial charge on any atom is -0.354 e. The molecule has 0 aliphatic carbocycles. The van der Waals surface area contributed by atoms with Crippen LogP contribution in [0.25, 0.3) is 27.8 Å². The van der Waals surface area contributed by atoms with Gasteiger partial charge in [0.05, 0.1) is 11.4 Å². The highest BCUT2D eigenvalue weighted by Crippen LogP contribution is 2.38. The molecule has 1 fully saturated rings. The van der Waals surface area contributed by atoms with Crippen molar-refractivity contribution in [3.63, 3.8) is 0 Å². The van der Waals surface area contributed by atoms with Gasteiger partial charge in [0.25, 0.3) is 0 Å². The maximum Gasteiger partial charge on any atom is 0.182 e. The number of rotatable bonds is 7. The molecule has 4 aromatic rings. The fraction of sp³-hybridized carbons (Fsp3) is 0.500. The zero-order valence-corrected chi connectivity index (χ0v) is 21.8. The van der Waals surface area contributed by atoms with Gasteiger partial charge >= 0.3 is 0 Å². The number of nitrogens with zero attached hydrogens (tertiary/aromatic N) is 5. The summed E-state index contributed by atoms with van der Waals surface area (Å²) < 4.78 is 24.6. The third kappa shape index (κ3) is 4.97. The van der Waals surface area contributed by atoms with Crippen LogP contribution in [-0.2, 0) is 9.84 Å². The summed E-state index contributed by atoms with van der Waals surface area (Å²) >= 11 is 0. The molecule has 35 heavy (non-hydrogen) atoms. The van der Waals surface area contributed by atoms with Crippen LogP contribution < -0.4 is 0 Å². The van der Waals surface area contributed by atoms with E-state index in [9.17, 15) is 8.42 Å². The molecule has 5 rings (SSSR count). The lowest BCUT2D eigenvalue weighted by Gasteiger charge is -2.32. The normalized spacial score (nSPS) is 16.1. The molecule has 1 saturated heterocycles. The number of nitrogens with one attached hydrogen (secondary N) is 1. The number of aryl methyl sites for hydroxylation is 1. The fourth-order valence-electron chi connectivity index (χ4n) is 5.50. The number of piperidine rings is 1. The molecule has 0 unspecified atom stereocenters. The van der Waals surface area contributed by atoms with E-state index in [0.29, 0.717) is 11.8 Å². The smallest absolute Gasteiger partial charge is 0.182 e. The maximum atomic E-state index is 11.4. The number of hydrogen-bond acceptors (Lipinski definition) is 6. The summed E-state index contributed by atoms with van der Waals surface area (Å²) in [5.41, 5.74) is 7.92. The minimum atomic E-state index is -2.88. The number of aromatic nitrogens is 5. The SMILES string of the molecule is Cc1cc(-c2[nH]c3ccc(C4CCN(CCCS(C)(=O)=O)CC4)cc3c2C(C)C)cn2nnnc12. The molecule has 8 nitrogen and oxygen atoms in total. The van der Waals surface area contributed by atoms with Crippen LogP contribution in [0.4, 0.5) is 0 Å². The Labute approximate surface area is 206 Å². The molecule has 0 radical (unpaired) electrons. The largest absolute Gasteiger partial charge is 0.354 e. The number of benzene rings is 1. The summed E-state index contributed by atoms with van der Waals surface area (Å²) in [4.78, 5) is 6.09. The second-order valence-corrected chi connectivity index (χ2v) is 12.6. The number of aromatic amines is 1. The summed E-state index contributed by atoms with van der Waals surface area (Å²) in [7, 11) is -2.88. The maximum absolute atomic E-state index is 11.4. The van der Waals surface area contributed by atoms with Gasteiger partial charge in [-0.25, -0.2) is 8.42 Å². The third-order valence-corrected chi connectivity index (χ3v) is 8.29. The third-order valence-electron chi connectivity index (χ3n) is 7.26. The van der Waals surface area contributed by atoms with Crippen molar-refractivity contribution >= 4 is 26.4 Å². The quantitative estimate of drug-likeness (QED) is 0.411. The van der Waals surface area contributed by atoms with E-state index in [-0.39, 0.29) is 5.75 Å². The van der Waals surface area contributed by atoms with E-state index < -0.39 is 9.84 Å². The van der Waals surface area contributed by atoms with Gasteiger partial charge in [0.15, 0.2) is 5.65 Å². The predicted molar refractivity (Wildman–Crippen MR) is 140 cm³/mol. The van der Waals surface area contributed by atoms with Gasteiger partial charge in [-0.1, -0.05) is 19.9 Å². The number of likely N-dealkylation sites (tertiary alicyclic amines) is 1. The van der Waals surface area contributed by atoms with Gasteiger partial charge < -0.3 is 9.88 Å². The zero-order chi connectivity index (χ0) is 24.7. The van der Waals surface area contributed by atoms with E-state index in [1.165, 1.54) is 22.8 Å². The molecule has 0 spiro atoms. The van der Waals surface area contributed by atoms with E-state index in [0.717, 1.165) is 66.9 Å². The second-order valence-electron chi connectivity index (χ2n) is 10.3. The number of sulfone groups is 1. The predicted octanol–water partition coefficient (Wildman–Crippen LogP) is 4.32. The number of tetrazole rings is 1. The van der Waals surface area contributed by atoms with Crippen LogP contribution >= 0.6 is 0 Å². The topological polar surface area (TPSA) is 96.2 Å². The van der Waals surface area contributed by atoms with Gasteiger partial charge in [0, 0.05) is 28.9 Å². The van der Waals surface area contributed by atoms with Crippen molar-refractivity contribution in [2.45, 2.75) is 51.9 Å². The molecular weight excluding hydrogens is 460 g/mol. The van der Waals surface area contributed by atoms with Crippen molar-refractivity contribution in [2.75, 3.05) is 31.6 Å². The summed E-state index contributed by atoms with van der Waals surface area (Å²) in [6.45, 7) is 9.44. The summed E-state index contributed by atoms with van der Waals surface area (Å²) in [6.07, 6.45) is 6.24. The molecule has 186 valence electrons. The molecule has 1 aliphatic rings. The van der Waals surface area contributed by atoms with E-state index in [1.807, 2.05) is 13.1 Å². The minimum absolute atomic E-state index is 0.275. The first-order chi connectivity index (χ1) is 16.7. The molecule has 1 aliphatic heterocycles. The lowest BCUT2D eigenvalue weighted by atomic mass is 9.87. The Morgan fingerprint density at radius 3 is 2.66 bits per heavy atom. The van der Waals surface area contributed by atoms with Crippen molar-refractivity contribution in [2.24, 2.45) is 0 Å². The molecule has 4 heterocycles. The van der Waals surface area contributed by atoms with Crippen LogP contribution in [0.2, 0.25) is 0 Å². The number of H-pyrrole nitrogens is 1. The van der Waals surface area contributed by atoms with Crippen LogP contribution in [0.5, 0.6) is 0 Å². The number of hydrogen-bond donors (Lipinski definition) is 1. The first kappa shape index (κ1) is 23.9. The molecule has 9 heteroatoms. The van der Waals surface area contributed by atoms with Gasteiger partial charge in [0.1, 0.15) is 9.84 Å². The molecular formula is C26H34N6O2S. The Hall–Kier alpha value is -2.78. The summed E-state index contributed by atoms with van der Waals surface area (Å²) in [5.74, 6) is 1.16. The first-order valence-electron chi connectivity index (χ1n) is 12.4. The van der Waals surface area contributed by atoms with Crippen LogP contribution in [0.15, 0.2) is 30.5 Å². The van der Waals surface area contributed by atoms with Gasteiger partial charge in [-0.2, -0.15) is 4.52 Å².